The van der Waals surface area contributed by atoms with Gasteiger partial charge in [-0.1, -0.05) is 33.6 Å². The van der Waals surface area contributed by atoms with Crippen molar-refractivity contribution in [3.8, 4) is 0 Å². The molecule has 0 aromatic heterocycles. The van der Waals surface area contributed by atoms with Crippen LogP contribution in [0, 0.1) is 5.92 Å². The van der Waals surface area contributed by atoms with Crippen LogP contribution in [0.1, 0.15) is 60.3 Å². The van der Waals surface area contributed by atoms with Crippen LogP contribution in [0.4, 0.5) is 0 Å². The molecule has 0 aromatic rings. The third-order valence-electron chi connectivity index (χ3n) is 2.95. The van der Waals surface area contributed by atoms with Crippen LogP contribution in [0.5, 0.6) is 0 Å². The molecule has 0 saturated carbocycles. The van der Waals surface area contributed by atoms with E-state index in [0.29, 0.717) is 5.92 Å². The third kappa shape index (κ3) is 6.67. The molecule has 3 heteroatoms. The normalized spacial score (nSPS) is 13.2. The Morgan fingerprint density at radius 3 is 2.18 bits per heavy atom. The molecule has 0 bridgehead atoms. The molecule has 0 fully saturated rings. The Labute approximate surface area is 107 Å². The molecule has 0 unspecified atom stereocenters. The summed E-state index contributed by atoms with van der Waals surface area (Å²) in [5, 5.41) is 0. The van der Waals surface area contributed by atoms with E-state index in [0.717, 1.165) is 19.4 Å². The molecule has 1 amide bonds. The second-order valence-corrected chi connectivity index (χ2v) is 5.57. The molecule has 3 nitrogen and oxygen atoms in total. The third-order valence-corrected chi connectivity index (χ3v) is 2.95. The number of amides is 1. The van der Waals surface area contributed by atoms with Gasteiger partial charge in [-0.15, -0.1) is 0 Å². The van der Waals surface area contributed by atoms with Crippen molar-refractivity contribution in [3.05, 3.63) is 0 Å². The van der Waals surface area contributed by atoms with Gasteiger partial charge in [-0.2, -0.15) is 0 Å². The number of nitrogens with zero attached hydrogens (tertiary/aromatic N) is 1. The maximum atomic E-state index is 12.2. The average Bonchev–Trinajstić information content (AvgIpc) is 2.22. The van der Waals surface area contributed by atoms with Crippen molar-refractivity contribution >= 4 is 5.91 Å². The van der Waals surface area contributed by atoms with Crippen LogP contribution in [0.15, 0.2) is 0 Å². The number of nitrogens with two attached hydrogens (primary N) is 1. The van der Waals surface area contributed by atoms with E-state index in [9.17, 15) is 4.79 Å². The van der Waals surface area contributed by atoms with Gasteiger partial charge in [0.15, 0.2) is 0 Å². The zero-order valence-electron chi connectivity index (χ0n) is 12.2. The lowest BCUT2D eigenvalue weighted by molar-refractivity contribution is -0.134. The minimum absolute atomic E-state index is 0.116. The van der Waals surface area contributed by atoms with Gasteiger partial charge in [0, 0.05) is 12.6 Å². The maximum Gasteiger partial charge on any atom is 0.239 e. The summed E-state index contributed by atoms with van der Waals surface area (Å²) in [5.41, 5.74) is 5.97. The fourth-order valence-electron chi connectivity index (χ4n) is 1.98. The Bertz CT molecular complexity index is 214. The zero-order chi connectivity index (χ0) is 13.4. The van der Waals surface area contributed by atoms with Gasteiger partial charge in [0.1, 0.15) is 0 Å². The fraction of sp³-hybridized carbons (Fsp3) is 0.929. The molecule has 0 rings (SSSR count). The number of carbonyl (C=O) groups excluding carboxylic acids is 1. The largest absolute Gasteiger partial charge is 0.339 e. The lowest BCUT2D eigenvalue weighted by Crippen LogP contribution is -2.47. The topological polar surface area (TPSA) is 46.3 Å². The highest BCUT2D eigenvalue weighted by Gasteiger charge is 2.23. The molecule has 102 valence electrons. The molecule has 0 aliphatic carbocycles. The Morgan fingerprint density at radius 1 is 1.18 bits per heavy atom. The summed E-state index contributed by atoms with van der Waals surface area (Å²) in [6.07, 6.45) is 4.21. The van der Waals surface area contributed by atoms with Crippen molar-refractivity contribution in [1.82, 2.24) is 4.90 Å². The van der Waals surface area contributed by atoms with Gasteiger partial charge in [-0.05, 0) is 32.6 Å². The highest BCUT2D eigenvalue weighted by molar-refractivity contribution is 5.81. The second kappa shape index (κ2) is 8.51. The number of hydrogen-bond donors (Lipinski definition) is 1. The van der Waals surface area contributed by atoms with Crippen LogP contribution in [-0.4, -0.2) is 29.4 Å². The molecule has 0 spiro atoms. The van der Waals surface area contributed by atoms with E-state index in [1.54, 1.807) is 0 Å². The number of rotatable bonds is 8. The highest BCUT2D eigenvalue weighted by Crippen LogP contribution is 2.10. The van der Waals surface area contributed by atoms with E-state index in [2.05, 4.69) is 34.6 Å². The molecule has 2 N–H and O–H groups in total. The van der Waals surface area contributed by atoms with Gasteiger partial charge >= 0.3 is 0 Å². The standard InChI is InChI=1S/C14H30N2O/c1-6-7-8-9-16(12(4)5)14(17)13(15)10-11(2)3/h11-13H,6-10,15H2,1-5H3/t13-/m1/s1. The number of carbonyl (C=O) groups is 1. The van der Waals surface area contributed by atoms with Gasteiger partial charge in [-0.25, -0.2) is 0 Å². The Kier molecular flexibility index (Phi) is 8.23. The van der Waals surface area contributed by atoms with Gasteiger partial charge < -0.3 is 10.6 Å². The van der Waals surface area contributed by atoms with Crippen LogP contribution < -0.4 is 5.73 Å². The van der Waals surface area contributed by atoms with E-state index < -0.39 is 0 Å². The van der Waals surface area contributed by atoms with Gasteiger partial charge in [0.2, 0.25) is 5.91 Å². The van der Waals surface area contributed by atoms with E-state index >= 15 is 0 Å². The Morgan fingerprint density at radius 2 is 1.76 bits per heavy atom. The number of unbranched alkanes of at least 4 members (excludes halogenated alkanes) is 2. The van der Waals surface area contributed by atoms with Crippen LogP contribution in [-0.2, 0) is 4.79 Å². The van der Waals surface area contributed by atoms with Crippen molar-refractivity contribution < 1.29 is 4.79 Å². The molecule has 0 aromatic carbocycles. The van der Waals surface area contributed by atoms with Crippen molar-refractivity contribution in [1.29, 1.82) is 0 Å². The van der Waals surface area contributed by atoms with Crippen LogP contribution >= 0.6 is 0 Å². The summed E-state index contributed by atoms with van der Waals surface area (Å²) in [7, 11) is 0. The van der Waals surface area contributed by atoms with Crippen molar-refractivity contribution in [2.75, 3.05) is 6.54 Å². The molecule has 0 heterocycles. The smallest absolute Gasteiger partial charge is 0.239 e. The monoisotopic (exact) mass is 242 g/mol. The minimum atomic E-state index is -0.334. The Balaban J connectivity index is 4.32. The molecule has 0 aliphatic heterocycles. The van der Waals surface area contributed by atoms with Crippen LogP contribution in [0.3, 0.4) is 0 Å². The second-order valence-electron chi connectivity index (χ2n) is 5.57. The minimum Gasteiger partial charge on any atom is -0.339 e. The predicted molar refractivity (Wildman–Crippen MR) is 73.8 cm³/mol. The van der Waals surface area contributed by atoms with E-state index in [1.165, 1.54) is 12.8 Å². The quantitative estimate of drug-likeness (QED) is 0.665. The molecular weight excluding hydrogens is 212 g/mol. The zero-order valence-corrected chi connectivity index (χ0v) is 12.2. The summed E-state index contributed by atoms with van der Waals surface area (Å²) in [6, 6.07) is -0.0865. The van der Waals surface area contributed by atoms with Gasteiger partial charge in [0.05, 0.1) is 6.04 Å². The fourth-order valence-corrected chi connectivity index (χ4v) is 1.98. The summed E-state index contributed by atoms with van der Waals surface area (Å²) in [5.74, 6) is 0.586. The highest BCUT2D eigenvalue weighted by atomic mass is 16.2. The molecule has 0 aliphatic rings. The van der Waals surface area contributed by atoms with Gasteiger partial charge in [-0.3, -0.25) is 4.79 Å². The Hall–Kier alpha value is -0.570. The van der Waals surface area contributed by atoms with Crippen LogP contribution in [0.2, 0.25) is 0 Å². The summed E-state index contributed by atoms with van der Waals surface area (Å²) in [4.78, 5) is 14.1. The first-order chi connectivity index (χ1) is 7.90. The average molecular weight is 242 g/mol. The van der Waals surface area contributed by atoms with Gasteiger partial charge in [0.25, 0.3) is 0 Å². The summed E-state index contributed by atoms with van der Waals surface area (Å²) >= 11 is 0. The first kappa shape index (κ1) is 16.4. The lowest BCUT2D eigenvalue weighted by Gasteiger charge is -2.30. The summed E-state index contributed by atoms with van der Waals surface area (Å²) < 4.78 is 0. The SMILES string of the molecule is CCCCCN(C(=O)[C@H](N)CC(C)C)C(C)C. The van der Waals surface area contributed by atoms with Crippen molar-refractivity contribution in [2.45, 2.75) is 72.4 Å². The predicted octanol–water partition coefficient (Wildman–Crippen LogP) is 2.79. The van der Waals surface area contributed by atoms with E-state index in [-0.39, 0.29) is 18.0 Å². The summed E-state index contributed by atoms with van der Waals surface area (Å²) in [6.45, 7) is 11.3. The molecule has 0 radical (unpaired) electrons. The van der Waals surface area contributed by atoms with Crippen molar-refractivity contribution in [3.63, 3.8) is 0 Å². The van der Waals surface area contributed by atoms with Crippen LogP contribution in [0.25, 0.3) is 0 Å². The first-order valence-corrected chi connectivity index (χ1v) is 6.96. The number of hydrogen-bond acceptors (Lipinski definition) is 2. The maximum absolute atomic E-state index is 12.2. The lowest BCUT2D eigenvalue weighted by atomic mass is 10.0. The molecule has 1 atom stereocenters. The van der Waals surface area contributed by atoms with E-state index in [1.807, 2.05) is 4.90 Å². The van der Waals surface area contributed by atoms with Crippen molar-refractivity contribution in [2.24, 2.45) is 11.7 Å². The molecule has 17 heavy (non-hydrogen) atoms. The molecule has 0 saturated heterocycles. The molecular formula is C14H30N2O. The first-order valence-electron chi connectivity index (χ1n) is 6.96. The van der Waals surface area contributed by atoms with E-state index in [4.69, 9.17) is 5.73 Å².